The molecule has 0 spiro atoms. The minimum Gasteiger partial charge on any atom is -0.311 e. The van der Waals surface area contributed by atoms with Gasteiger partial charge < -0.3 is 5.32 Å². The molecule has 4 heteroatoms. The van der Waals surface area contributed by atoms with Gasteiger partial charge in [0, 0.05) is 39.3 Å². The molecule has 1 N–H and O–H groups in total. The molecule has 1 fully saturated rings. The molecule has 1 aromatic rings. The summed E-state index contributed by atoms with van der Waals surface area (Å²) in [5.74, 6) is 0.765. The lowest BCUT2D eigenvalue weighted by atomic mass is 10.0. The van der Waals surface area contributed by atoms with Crippen LogP contribution in [0.3, 0.4) is 0 Å². The van der Waals surface area contributed by atoms with Gasteiger partial charge in [-0.05, 0) is 25.3 Å². The van der Waals surface area contributed by atoms with Gasteiger partial charge in [-0.15, -0.1) is 0 Å². The van der Waals surface area contributed by atoms with Crippen molar-refractivity contribution in [2.45, 2.75) is 39.8 Å². The molecule has 102 valence electrons. The first-order valence-electron chi connectivity index (χ1n) is 7.00. The third-order valence-electron chi connectivity index (χ3n) is 3.58. The fourth-order valence-electron chi connectivity index (χ4n) is 2.81. The fraction of sp³-hybridized carbons (Fsp3) is 0.786. The minimum absolute atomic E-state index is 0.646. The van der Waals surface area contributed by atoms with Crippen LogP contribution in [0.5, 0.6) is 0 Å². The van der Waals surface area contributed by atoms with Crippen LogP contribution in [-0.2, 0) is 13.6 Å². The van der Waals surface area contributed by atoms with Crippen molar-refractivity contribution in [1.29, 1.82) is 0 Å². The maximum absolute atomic E-state index is 4.42. The Morgan fingerprint density at radius 3 is 2.89 bits per heavy atom. The highest BCUT2D eigenvalue weighted by Crippen LogP contribution is 2.12. The van der Waals surface area contributed by atoms with Crippen LogP contribution >= 0.6 is 0 Å². The maximum Gasteiger partial charge on any atom is 0.0597 e. The minimum atomic E-state index is 0.646. The van der Waals surface area contributed by atoms with Gasteiger partial charge in [0.25, 0.3) is 0 Å². The molecule has 1 saturated heterocycles. The van der Waals surface area contributed by atoms with Crippen molar-refractivity contribution in [3.63, 3.8) is 0 Å². The number of aryl methyl sites for hydroxylation is 2. The molecule has 0 saturated carbocycles. The summed E-state index contributed by atoms with van der Waals surface area (Å²) >= 11 is 0. The van der Waals surface area contributed by atoms with E-state index in [9.17, 15) is 0 Å². The molecule has 1 aliphatic rings. The zero-order valence-electron chi connectivity index (χ0n) is 12.1. The summed E-state index contributed by atoms with van der Waals surface area (Å²) in [7, 11) is 2.04. The van der Waals surface area contributed by atoms with Crippen LogP contribution in [0.4, 0.5) is 0 Å². The van der Waals surface area contributed by atoms with Gasteiger partial charge in [-0.1, -0.05) is 13.8 Å². The Hall–Kier alpha value is -0.870. The van der Waals surface area contributed by atoms with Gasteiger partial charge in [-0.25, -0.2) is 0 Å². The number of piperazine rings is 1. The summed E-state index contributed by atoms with van der Waals surface area (Å²) in [6.07, 6.45) is 1.26. The monoisotopic (exact) mass is 250 g/mol. The van der Waals surface area contributed by atoms with E-state index in [2.05, 4.69) is 42.2 Å². The first-order chi connectivity index (χ1) is 8.54. The number of hydrogen-bond acceptors (Lipinski definition) is 3. The Balaban J connectivity index is 1.91. The summed E-state index contributed by atoms with van der Waals surface area (Å²) < 4.78 is 2.01. The molecule has 0 amide bonds. The molecule has 0 radical (unpaired) electrons. The van der Waals surface area contributed by atoms with Crippen LogP contribution in [0, 0.1) is 12.8 Å². The Bertz CT molecular complexity index is 383. The molecule has 2 heterocycles. The van der Waals surface area contributed by atoms with Gasteiger partial charge in [0.1, 0.15) is 0 Å². The first kappa shape index (κ1) is 13.6. The molecule has 2 rings (SSSR count). The van der Waals surface area contributed by atoms with E-state index in [0.717, 1.165) is 37.8 Å². The van der Waals surface area contributed by atoms with E-state index < -0.39 is 0 Å². The van der Waals surface area contributed by atoms with E-state index in [1.54, 1.807) is 0 Å². The average molecular weight is 250 g/mol. The van der Waals surface area contributed by atoms with E-state index in [-0.39, 0.29) is 0 Å². The second kappa shape index (κ2) is 5.85. The molecule has 1 atom stereocenters. The quantitative estimate of drug-likeness (QED) is 0.880. The number of hydrogen-bond donors (Lipinski definition) is 1. The summed E-state index contributed by atoms with van der Waals surface area (Å²) in [5, 5.41) is 8.04. The molecule has 1 aliphatic heterocycles. The lowest BCUT2D eigenvalue weighted by molar-refractivity contribution is 0.176. The highest BCUT2D eigenvalue weighted by molar-refractivity contribution is 5.08. The molecule has 4 nitrogen and oxygen atoms in total. The molecule has 0 aliphatic carbocycles. The second-order valence-corrected chi connectivity index (χ2v) is 5.92. The van der Waals surface area contributed by atoms with Crippen molar-refractivity contribution in [2.24, 2.45) is 13.0 Å². The van der Waals surface area contributed by atoms with Crippen LogP contribution in [0.25, 0.3) is 0 Å². The zero-order valence-corrected chi connectivity index (χ0v) is 12.1. The highest BCUT2D eigenvalue weighted by atomic mass is 15.3. The number of nitrogens with one attached hydrogen (secondary N) is 1. The first-order valence-corrected chi connectivity index (χ1v) is 7.00. The summed E-state index contributed by atoms with van der Waals surface area (Å²) in [5.41, 5.74) is 2.43. The second-order valence-electron chi connectivity index (χ2n) is 5.92. The highest BCUT2D eigenvalue weighted by Gasteiger charge is 2.20. The van der Waals surface area contributed by atoms with Gasteiger partial charge in [-0.2, -0.15) is 5.10 Å². The lowest BCUT2D eigenvalue weighted by Gasteiger charge is -2.34. The summed E-state index contributed by atoms with van der Waals surface area (Å²) in [4.78, 5) is 2.54. The Labute approximate surface area is 110 Å². The van der Waals surface area contributed by atoms with Crippen LogP contribution in [-0.4, -0.2) is 40.4 Å². The third kappa shape index (κ3) is 3.56. The van der Waals surface area contributed by atoms with E-state index in [1.165, 1.54) is 12.1 Å². The van der Waals surface area contributed by atoms with E-state index in [0.29, 0.717) is 6.04 Å². The van der Waals surface area contributed by atoms with Crippen LogP contribution < -0.4 is 5.32 Å². The third-order valence-corrected chi connectivity index (χ3v) is 3.58. The van der Waals surface area contributed by atoms with Crippen molar-refractivity contribution >= 4 is 0 Å². The average Bonchev–Trinajstić information content (AvgIpc) is 2.57. The SMILES string of the molecule is Cc1cc(CN2CCNC(CC(C)C)C2)n(C)n1. The molecule has 1 unspecified atom stereocenters. The molecule has 18 heavy (non-hydrogen) atoms. The number of nitrogens with zero attached hydrogens (tertiary/aromatic N) is 3. The predicted octanol–water partition coefficient (Wildman–Crippen LogP) is 1.55. The Kier molecular flexibility index (Phi) is 4.40. The molecular weight excluding hydrogens is 224 g/mol. The lowest BCUT2D eigenvalue weighted by Crippen LogP contribution is -2.50. The van der Waals surface area contributed by atoms with Gasteiger partial charge in [0.2, 0.25) is 0 Å². The smallest absolute Gasteiger partial charge is 0.0597 e. The Morgan fingerprint density at radius 1 is 1.50 bits per heavy atom. The van der Waals surface area contributed by atoms with Gasteiger partial charge in [0.15, 0.2) is 0 Å². The van der Waals surface area contributed by atoms with E-state index in [4.69, 9.17) is 0 Å². The van der Waals surface area contributed by atoms with Gasteiger partial charge in [-0.3, -0.25) is 9.58 Å². The summed E-state index contributed by atoms with van der Waals surface area (Å²) in [6.45, 7) is 11.1. The number of aromatic nitrogens is 2. The van der Waals surface area contributed by atoms with Crippen molar-refractivity contribution in [1.82, 2.24) is 20.0 Å². The molecule has 0 aromatic carbocycles. The van der Waals surface area contributed by atoms with Crippen LogP contribution in [0.15, 0.2) is 6.07 Å². The Morgan fingerprint density at radius 2 is 2.28 bits per heavy atom. The summed E-state index contributed by atoms with van der Waals surface area (Å²) in [6, 6.07) is 2.84. The van der Waals surface area contributed by atoms with Gasteiger partial charge >= 0.3 is 0 Å². The largest absolute Gasteiger partial charge is 0.311 e. The van der Waals surface area contributed by atoms with Crippen molar-refractivity contribution in [3.8, 4) is 0 Å². The zero-order chi connectivity index (χ0) is 13.1. The molecule has 1 aromatic heterocycles. The van der Waals surface area contributed by atoms with Gasteiger partial charge in [0.05, 0.1) is 11.4 Å². The van der Waals surface area contributed by atoms with Crippen LogP contribution in [0.2, 0.25) is 0 Å². The predicted molar refractivity (Wildman–Crippen MR) is 74.5 cm³/mol. The van der Waals surface area contributed by atoms with Crippen molar-refractivity contribution < 1.29 is 0 Å². The van der Waals surface area contributed by atoms with E-state index in [1.807, 2.05) is 11.7 Å². The standard InChI is InChI=1S/C14H26N4/c1-11(2)7-13-9-18(6-5-15-13)10-14-8-12(3)16-17(14)4/h8,11,13,15H,5-7,9-10H2,1-4H3. The molecular formula is C14H26N4. The fourth-order valence-corrected chi connectivity index (χ4v) is 2.81. The van der Waals surface area contributed by atoms with Crippen molar-refractivity contribution in [3.05, 3.63) is 17.5 Å². The maximum atomic E-state index is 4.42. The number of rotatable bonds is 4. The normalized spacial score (nSPS) is 21.7. The van der Waals surface area contributed by atoms with E-state index >= 15 is 0 Å². The van der Waals surface area contributed by atoms with Crippen molar-refractivity contribution in [2.75, 3.05) is 19.6 Å². The topological polar surface area (TPSA) is 33.1 Å². The van der Waals surface area contributed by atoms with Crippen LogP contribution in [0.1, 0.15) is 31.7 Å². The molecule has 0 bridgehead atoms.